The lowest BCUT2D eigenvalue weighted by Crippen LogP contribution is -2.20. The highest BCUT2D eigenvalue weighted by molar-refractivity contribution is 5.90. The van der Waals surface area contributed by atoms with Crippen LogP contribution < -0.4 is 5.32 Å². The molecular weight excluding hydrogens is 342 g/mol. The molecule has 0 atom stereocenters. The number of hydrogen-bond acceptors (Lipinski definition) is 5. The summed E-state index contributed by atoms with van der Waals surface area (Å²) >= 11 is 0. The molecule has 4 rings (SSSR count). The molecule has 2 aromatic heterocycles. The van der Waals surface area contributed by atoms with Crippen molar-refractivity contribution in [2.45, 2.75) is 13.1 Å². The van der Waals surface area contributed by atoms with Crippen molar-refractivity contribution in [1.29, 1.82) is 0 Å². The van der Waals surface area contributed by atoms with Crippen LogP contribution in [0.2, 0.25) is 0 Å². The summed E-state index contributed by atoms with van der Waals surface area (Å²) in [4.78, 5) is 13.5. The maximum absolute atomic E-state index is 12.2. The van der Waals surface area contributed by atoms with E-state index in [1.807, 2.05) is 60.7 Å². The Hall–Kier alpha value is -3.81. The smallest absolute Gasteiger partial charge is 0.248 e. The zero-order valence-corrected chi connectivity index (χ0v) is 14.4. The summed E-state index contributed by atoms with van der Waals surface area (Å²) in [5, 5.41) is 19.2. The number of rotatable bonds is 6. The monoisotopic (exact) mass is 359 g/mol. The van der Waals surface area contributed by atoms with E-state index in [9.17, 15) is 4.79 Å². The van der Waals surface area contributed by atoms with Gasteiger partial charge in [-0.2, -0.15) is 9.90 Å². The molecule has 1 amide bonds. The van der Waals surface area contributed by atoms with Gasteiger partial charge in [-0.25, -0.2) is 0 Å². The second-order valence-corrected chi connectivity index (χ2v) is 5.97. The second-order valence-electron chi connectivity index (χ2n) is 5.97. The zero-order valence-electron chi connectivity index (χ0n) is 14.4. The second kappa shape index (κ2) is 7.61. The number of carbonyl (C=O) groups is 1. The fourth-order valence-corrected chi connectivity index (χ4v) is 2.63. The molecule has 0 aliphatic heterocycles. The van der Waals surface area contributed by atoms with E-state index in [0.29, 0.717) is 18.1 Å². The van der Waals surface area contributed by atoms with E-state index in [1.54, 1.807) is 17.1 Å². The largest absolute Gasteiger partial charge is 0.322 e. The van der Waals surface area contributed by atoms with Crippen molar-refractivity contribution in [3.8, 4) is 11.4 Å². The Morgan fingerprint density at radius 1 is 1.00 bits per heavy atom. The van der Waals surface area contributed by atoms with E-state index in [2.05, 4.69) is 25.8 Å². The maximum Gasteiger partial charge on any atom is 0.248 e. The summed E-state index contributed by atoms with van der Waals surface area (Å²) in [7, 11) is 0. The molecule has 2 aromatic carbocycles. The Balaban J connectivity index is 1.35. The first-order chi connectivity index (χ1) is 13.3. The van der Waals surface area contributed by atoms with Crippen LogP contribution in [-0.2, 0) is 17.9 Å². The third kappa shape index (κ3) is 4.24. The van der Waals surface area contributed by atoms with Crippen molar-refractivity contribution < 1.29 is 4.79 Å². The Labute approximate surface area is 155 Å². The van der Waals surface area contributed by atoms with Crippen molar-refractivity contribution in [2.75, 3.05) is 5.32 Å². The third-order valence-corrected chi connectivity index (χ3v) is 3.87. The summed E-state index contributed by atoms with van der Waals surface area (Å²) in [6.45, 7) is 0.617. The molecule has 27 heavy (non-hydrogen) atoms. The van der Waals surface area contributed by atoms with Crippen molar-refractivity contribution in [3.05, 3.63) is 78.6 Å². The summed E-state index contributed by atoms with van der Waals surface area (Å²) < 4.78 is 1.77. The molecule has 8 heteroatoms. The van der Waals surface area contributed by atoms with E-state index in [-0.39, 0.29) is 12.5 Å². The van der Waals surface area contributed by atoms with Crippen LogP contribution in [0.25, 0.3) is 11.4 Å². The number of hydrogen-bond donors (Lipinski definition) is 1. The molecule has 0 aliphatic rings. The standard InChI is InChI=1S/C19H17N7O/c27-18(14-26-23-19(22-24-26)16-9-5-2-6-10-16)21-17-11-20-25(13-17)12-15-7-3-1-4-8-15/h1-11,13H,12,14H2,(H,21,27). The molecule has 1 N–H and O–H groups in total. The first kappa shape index (κ1) is 16.6. The van der Waals surface area contributed by atoms with Crippen molar-refractivity contribution >= 4 is 11.6 Å². The van der Waals surface area contributed by atoms with Crippen LogP contribution in [-0.4, -0.2) is 35.9 Å². The predicted octanol–water partition coefficient (Wildman–Crippen LogP) is 2.22. The minimum absolute atomic E-state index is 0.0241. The number of benzene rings is 2. The molecule has 4 aromatic rings. The summed E-state index contributed by atoms with van der Waals surface area (Å²) in [6.07, 6.45) is 3.40. The van der Waals surface area contributed by atoms with Gasteiger partial charge >= 0.3 is 0 Å². The molecule has 134 valence electrons. The van der Waals surface area contributed by atoms with Gasteiger partial charge in [-0.15, -0.1) is 10.2 Å². The molecule has 0 bridgehead atoms. The molecule has 0 radical (unpaired) electrons. The Bertz CT molecular complexity index is 1020. The van der Waals surface area contributed by atoms with Crippen molar-refractivity contribution in [1.82, 2.24) is 30.0 Å². The van der Waals surface area contributed by atoms with Crippen LogP contribution >= 0.6 is 0 Å². The molecule has 8 nitrogen and oxygen atoms in total. The molecule has 0 saturated carbocycles. The third-order valence-electron chi connectivity index (χ3n) is 3.87. The van der Waals surface area contributed by atoms with Gasteiger partial charge in [0.15, 0.2) is 0 Å². The van der Waals surface area contributed by atoms with E-state index in [1.165, 1.54) is 4.80 Å². The topological polar surface area (TPSA) is 90.5 Å². The summed E-state index contributed by atoms with van der Waals surface area (Å²) in [5.74, 6) is 0.241. The van der Waals surface area contributed by atoms with Gasteiger partial charge in [0.05, 0.1) is 18.4 Å². The summed E-state index contributed by atoms with van der Waals surface area (Å²) in [6, 6.07) is 19.5. The number of aromatic nitrogens is 6. The van der Waals surface area contributed by atoms with E-state index < -0.39 is 0 Å². The molecule has 0 spiro atoms. The van der Waals surface area contributed by atoms with Gasteiger partial charge in [0, 0.05) is 11.8 Å². The van der Waals surface area contributed by atoms with Gasteiger partial charge in [-0.05, 0) is 10.8 Å². The van der Waals surface area contributed by atoms with E-state index in [4.69, 9.17) is 0 Å². The lowest BCUT2D eigenvalue weighted by Gasteiger charge is -2.02. The predicted molar refractivity (Wildman–Crippen MR) is 99.7 cm³/mol. The number of amides is 1. The van der Waals surface area contributed by atoms with Gasteiger partial charge in [-0.3, -0.25) is 9.48 Å². The van der Waals surface area contributed by atoms with Gasteiger partial charge in [-0.1, -0.05) is 60.7 Å². The highest BCUT2D eigenvalue weighted by Gasteiger charge is 2.10. The minimum atomic E-state index is -0.244. The number of tetrazole rings is 1. The Morgan fingerprint density at radius 2 is 1.74 bits per heavy atom. The van der Waals surface area contributed by atoms with Gasteiger partial charge < -0.3 is 5.32 Å². The average Bonchev–Trinajstić information content (AvgIpc) is 3.33. The van der Waals surface area contributed by atoms with Gasteiger partial charge in [0.25, 0.3) is 0 Å². The van der Waals surface area contributed by atoms with Crippen LogP contribution in [0.4, 0.5) is 5.69 Å². The molecule has 0 saturated heterocycles. The molecule has 2 heterocycles. The molecule has 0 aliphatic carbocycles. The lowest BCUT2D eigenvalue weighted by molar-refractivity contribution is -0.117. The van der Waals surface area contributed by atoms with Crippen LogP contribution in [0.5, 0.6) is 0 Å². The van der Waals surface area contributed by atoms with Gasteiger partial charge in [0.2, 0.25) is 11.7 Å². The maximum atomic E-state index is 12.2. The average molecular weight is 359 g/mol. The van der Waals surface area contributed by atoms with Crippen molar-refractivity contribution in [2.24, 2.45) is 0 Å². The Morgan fingerprint density at radius 3 is 2.52 bits per heavy atom. The number of anilines is 1. The fraction of sp³-hybridized carbons (Fsp3) is 0.105. The molecule has 0 unspecified atom stereocenters. The lowest BCUT2D eigenvalue weighted by atomic mass is 10.2. The van der Waals surface area contributed by atoms with E-state index >= 15 is 0 Å². The fourth-order valence-electron chi connectivity index (χ4n) is 2.63. The van der Waals surface area contributed by atoms with Crippen LogP contribution in [0.15, 0.2) is 73.1 Å². The van der Waals surface area contributed by atoms with Gasteiger partial charge in [0.1, 0.15) is 6.54 Å². The first-order valence-electron chi connectivity index (χ1n) is 8.46. The van der Waals surface area contributed by atoms with E-state index in [0.717, 1.165) is 11.1 Å². The van der Waals surface area contributed by atoms with Crippen LogP contribution in [0.3, 0.4) is 0 Å². The van der Waals surface area contributed by atoms with Crippen LogP contribution in [0.1, 0.15) is 5.56 Å². The quantitative estimate of drug-likeness (QED) is 0.570. The minimum Gasteiger partial charge on any atom is -0.322 e. The first-order valence-corrected chi connectivity index (χ1v) is 8.46. The zero-order chi connectivity index (χ0) is 18.5. The Kier molecular flexibility index (Phi) is 4.69. The summed E-state index contributed by atoms with van der Waals surface area (Å²) in [5.41, 5.74) is 2.62. The normalized spacial score (nSPS) is 10.7. The number of carbonyl (C=O) groups excluding carboxylic acids is 1. The number of nitrogens with one attached hydrogen (secondary N) is 1. The SMILES string of the molecule is O=C(Cn1nnc(-c2ccccc2)n1)Nc1cnn(Cc2ccccc2)c1. The number of nitrogens with zero attached hydrogens (tertiary/aromatic N) is 6. The van der Waals surface area contributed by atoms with Crippen LogP contribution in [0, 0.1) is 0 Å². The highest BCUT2D eigenvalue weighted by Crippen LogP contribution is 2.12. The highest BCUT2D eigenvalue weighted by atomic mass is 16.2. The molecule has 0 fully saturated rings. The molecular formula is C19H17N7O. The van der Waals surface area contributed by atoms with Crippen molar-refractivity contribution in [3.63, 3.8) is 0 Å².